The molecule has 1 aliphatic heterocycles. The predicted molar refractivity (Wildman–Crippen MR) is 93.1 cm³/mol. The number of ether oxygens (including phenoxy) is 1. The highest BCUT2D eigenvalue weighted by Gasteiger charge is 2.19. The number of aliphatic carboxylic acids is 1. The van der Waals surface area contributed by atoms with Crippen LogP contribution in [-0.2, 0) is 9.53 Å². The van der Waals surface area contributed by atoms with E-state index in [0.717, 1.165) is 31.6 Å². The van der Waals surface area contributed by atoms with E-state index in [0.29, 0.717) is 17.7 Å². The molecule has 25 heavy (non-hydrogen) atoms. The van der Waals surface area contributed by atoms with Crippen molar-refractivity contribution in [2.45, 2.75) is 25.7 Å². The molecule has 3 N–H and O–H groups in total. The first-order valence-electron chi connectivity index (χ1n) is 8.25. The van der Waals surface area contributed by atoms with Crippen LogP contribution < -0.4 is 15.5 Å². The third kappa shape index (κ3) is 5.37. The smallest absolute Gasteiger partial charge is 0.337 e. The van der Waals surface area contributed by atoms with E-state index in [1.165, 1.54) is 7.11 Å². The Hall–Kier alpha value is -2.77. The number of carboxylic acids is 1. The second-order valence-electron chi connectivity index (χ2n) is 5.80. The maximum Gasteiger partial charge on any atom is 0.337 e. The zero-order chi connectivity index (χ0) is 18.2. The average molecular weight is 349 g/mol. The van der Waals surface area contributed by atoms with Gasteiger partial charge in [-0.15, -0.1) is 0 Å². The van der Waals surface area contributed by atoms with Crippen LogP contribution in [0.25, 0.3) is 0 Å². The van der Waals surface area contributed by atoms with E-state index in [2.05, 4.69) is 15.5 Å². The Labute approximate surface area is 146 Å². The number of amides is 2. The number of nitrogens with zero attached hydrogens (tertiary/aromatic N) is 1. The minimum absolute atomic E-state index is 0.00284. The van der Waals surface area contributed by atoms with Crippen LogP contribution in [0.2, 0.25) is 0 Å². The van der Waals surface area contributed by atoms with E-state index in [1.54, 1.807) is 18.2 Å². The lowest BCUT2D eigenvalue weighted by Crippen LogP contribution is -2.31. The first-order valence-corrected chi connectivity index (χ1v) is 8.25. The quantitative estimate of drug-likeness (QED) is 0.514. The van der Waals surface area contributed by atoms with E-state index in [4.69, 9.17) is 9.84 Å². The molecule has 1 fully saturated rings. The molecule has 8 heteroatoms. The summed E-state index contributed by atoms with van der Waals surface area (Å²) in [5, 5.41) is 14.0. The third-order valence-electron chi connectivity index (χ3n) is 3.97. The van der Waals surface area contributed by atoms with Crippen LogP contribution in [0.4, 0.5) is 16.2 Å². The molecule has 2 amide bonds. The summed E-state index contributed by atoms with van der Waals surface area (Å²) >= 11 is 0. The van der Waals surface area contributed by atoms with Gasteiger partial charge in [0.15, 0.2) is 0 Å². The van der Waals surface area contributed by atoms with Gasteiger partial charge in [0.05, 0.1) is 24.0 Å². The summed E-state index contributed by atoms with van der Waals surface area (Å²) in [6.45, 7) is 2.05. The van der Waals surface area contributed by atoms with E-state index in [-0.39, 0.29) is 13.0 Å². The Bertz CT molecular complexity index is 641. The maximum absolute atomic E-state index is 12.1. The molecule has 1 aromatic carbocycles. The third-order valence-corrected chi connectivity index (χ3v) is 3.97. The number of methoxy groups -OCH3 is 1. The van der Waals surface area contributed by atoms with Crippen molar-refractivity contribution in [3.63, 3.8) is 0 Å². The molecule has 0 spiro atoms. The SMILES string of the molecule is COC(=O)c1ccc(N2CCCC2)c(NC(=O)NCCCC(=O)O)c1. The number of esters is 1. The molecule has 1 aromatic rings. The van der Waals surface area contributed by atoms with Crippen LogP contribution in [0, 0.1) is 0 Å². The minimum Gasteiger partial charge on any atom is -0.481 e. The van der Waals surface area contributed by atoms with Crippen molar-refractivity contribution in [3.05, 3.63) is 23.8 Å². The van der Waals surface area contributed by atoms with Crippen molar-refractivity contribution in [1.29, 1.82) is 0 Å². The van der Waals surface area contributed by atoms with E-state index in [9.17, 15) is 14.4 Å². The van der Waals surface area contributed by atoms with Gasteiger partial charge in [-0.3, -0.25) is 4.79 Å². The van der Waals surface area contributed by atoms with Crippen molar-refractivity contribution >= 4 is 29.3 Å². The van der Waals surface area contributed by atoms with Crippen molar-refractivity contribution in [2.24, 2.45) is 0 Å². The number of hydrogen-bond acceptors (Lipinski definition) is 5. The molecule has 0 aromatic heterocycles. The van der Waals surface area contributed by atoms with E-state index < -0.39 is 18.0 Å². The molecule has 0 bridgehead atoms. The van der Waals surface area contributed by atoms with Gasteiger partial charge in [-0.2, -0.15) is 0 Å². The lowest BCUT2D eigenvalue weighted by molar-refractivity contribution is -0.137. The van der Waals surface area contributed by atoms with Crippen molar-refractivity contribution < 1.29 is 24.2 Å². The molecule has 0 unspecified atom stereocenters. The van der Waals surface area contributed by atoms with Crippen LogP contribution >= 0.6 is 0 Å². The molecule has 1 saturated heterocycles. The Morgan fingerprint density at radius 1 is 1.24 bits per heavy atom. The van der Waals surface area contributed by atoms with Crippen molar-refractivity contribution in [2.75, 3.05) is 37.0 Å². The fraction of sp³-hybridized carbons (Fsp3) is 0.471. The Kier molecular flexibility index (Phi) is 6.62. The molecule has 1 aliphatic rings. The molecular formula is C17H23N3O5. The van der Waals surface area contributed by atoms with Crippen LogP contribution in [0.5, 0.6) is 0 Å². The normalized spacial score (nSPS) is 13.4. The fourth-order valence-electron chi connectivity index (χ4n) is 2.72. The van der Waals surface area contributed by atoms with Crippen LogP contribution in [-0.4, -0.2) is 49.8 Å². The molecule has 0 aliphatic carbocycles. The lowest BCUT2D eigenvalue weighted by Gasteiger charge is -2.22. The van der Waals surface area contributed by atoms with Gasteiger partial charge < -0.3 is 25.4 Å². The largest absolute Gasteiger partial charge is 0.481 e. The van der Waals surface area contributed by atoms with E-state index >= 15 is 0 Å². The number of hydrogen-bond donors (Lipinski definition) is 3. The van der Waals surface area contributed by atoms with Crippen LogP contribution in [0.3, 0.4) is 0 Å². The standard InChI is InChI=1S/C17H23N3O5/c1-25-16(23)12-6-7-14(20-9-2-3-10-20)13(11-12)19-17(24)18-8-4-5-15(21)22/h6-7,11H,2-5,8-10H2,1H3,(H,21,22)(H2,18,19,24). The molecule has 0 radical (unpaired) electrons. The maximum atomic E-state index is 12.1. The summed E-state index contributed by atoms with van der Waals surface area (Å²) in [6, 6.07) is 4.64. The monoisotopic (exact) mass is 349 g/mol. The fourth-order valence-corrected chi connectivity index (χ4v) is 2.72. The number of anilines is 2. The number of nitrogens with one attached hydrogen (secondary N) is 2. The molecule has 2 rings (SSSR count). The first-order chi connectivity index (χ1) is 12.0. The summed E-state index contributed by atoms with van der Waals surface area (Å²) < 4.78 is 4.73. The van der Waals surface area contributed by atoms with Gasteiger partial charge >= 0.3 is 18.0 Å². The van der Waals surface area contributed by atoms with Crippen LogP contribution in [0.1, 0.15) is 36.0 Å². The highest BCUT2D eigenvalue weighted by atomic mass is 16.5. The van der Waals surface area contributed by atoms with Gasteiger partial charge in [-0.25, -0.2) is 9.59 Å². The first kappa shape index (κ1) is 18.6. The number of carbonyl (C=O) groups is 3. The summed E-state index contributed by atoms with van der Waals surface area (Å²) in [7, 11) is 1.30. The number of carbonyl (C=O) groups excluding carboxylic acids is 2. The number of carboxylic acid groups (broad SMARTS) is 1. The average Bonchev–Trinajstić information content (AvgIpc) is 3.12. The lowest BCUT2D eigenvalue weighted by atomic mass is 10.1. The predicted octanol–water partition coefficient (Wildman–Crippen LogP) is 2.06. The highest BCUT2D eigenvalue weighted by Crippen LogP contribution is 2.30. The molecule has 136 valence electrons. The van der Waals surface area contributed by atoms with Gasteiger partial charge in [0, 0.05) is 26.1 Å². The van der Waals surface area contributed by atoms with Gasteiger partial charge in [0.2, 0.25) is 0 Å². The molecule has 1 heterocycles. The van der Waals surface area contributed by atoms with Crippen LogP contribution in [0.15, 0.2) is 18.2 Å². The number of urea groups is 1. The summed E-state index contributed by atoms with van der Waals surface area (Å²) in [5.41, 5.74) is 1.73. The van der Waals surface area contributed by atoms with Gasteiger partial charge in [0.1, 0.15) is 0 Å². The zero-order valence-corrected chi connectivity index (χ0v) is 14.2. The molecule has 8 nitrogen and oxygen atoms in total. The minimum atomic E-state index is -0.899. The second-order valence-corrected chi connectivity index (χ2v) is 5.80. The van der Waals surface area contributed by atoms with Gasteiger partial charge in [0.25, 0.3) is 0 Å². The number of rotatable bonds is 7. The summed E-state index contributed by atoms with van der Waals surface area (Å²) in [4.78, 5) is 36.4. The zero-order valence-electron chi connectivity index (χ0n) is 14.2. The topological polar surface area (TPSA) is 108 Å². The Balaban J connectivity index is 2.08. The van der Waals surface area contributed by atoms with E-state index in [1.807, 2.05) is 0 Å². The Morgan fingerprint density at radius 2 is 1.96 bits per heavy atom. The summed E-state index contributed by atoms with van der Waals surface area (Å²) in [5.74, 6) is -1.37. The highest BCUT2D eigenvalue weighted by molar-refractivity contribution is 5.97. The second kappa shape index (κ2) is 8.91. The van der Waals surface area contributed by atoms with Crippen molar-refractivity contribution in [1.82, 2.24) is 5.32 Å². The van der Waals surface area contributed by atoms with Gasteiger partial charge in [-0.05, 0) is 37.5 Å². The van der Waals surface area contributed by atoms with Crippen molar-refractivity contribution in [3.8, 4) is 0 Å². The molecule has 0 saturated carbocycles. The molecular weight excluding hydrogens is 326 g/mol. The number of benzene rings is 1. The Morgan fingerprint density at radius 3 is 2.60 bits per heavy atom. The summed E-state index contributed by atoms with van der Waals surface area (Å²) in [6.07, 6.45) is 2.51. The molecule has 0 atom stereocenters. The van der Waals surface area contributed by atoms with Gasteiger partial charge in [-0.1, -0.05) is 0 Å².